The number of alkyl halides is 3. The van der Waals surface area contributed by atoms with Gasteiger partial charge in [-0.3, -0.25) is 19.3 Å². The van der Waals surface area contributed by atoms with E-state index in [1.165, 1.54) is 12.2 Å². The van der Waals surface area contributed by atoms with Crippen LogP contribution in [-0.4, -0.2) is 59.5 Å². The van der Waals surface area contributed by atoms with Gasteiger partial charge in [0.1, 0.15) is 0 Å². The minimum Gasteiger partial charge on any atom is -0.475 e. The van der Waals surface area contributed by atoms with E-state index in [-0.39, 0.29) is 43.8 Å². The Morgan fingerprint density at radius 1 is 1.23 bits per heavy atom. The van der Waals surface area contributed by atoms with Crippen LogP contribution < -0.4 is 11.1 Å². The molecule has 11 heteroatoms. The highest BCUT2D eigenvalue weighted by Gasteiger charge is 2.38. The monoisotopic (exact) mass is 325 g/mol. The first kappa shape index (κ1) is 19.6. The van der Waals surface area contributed by atoms with E-state index in [9.17, 15) is 27.6 Å². The third-order valence-electron chi connectivity index (χ3n) is 2.17. The number of carbonyl (C=O) groups is 4. The molecular weight excluding hydrogens is 311 g/mol. The minimum absolute atomic E-state index is 0.176. The Labute approximate surface area is 122 Å². The molecule has 0 fully saturated rings. The molecular formula is C11H14F3N3O5. The number of hydrogen-bond acceptors (Lipinski definition) is 5. The molecule has 124 valence electrons. The molecule has 0 spiro atoms. The molecule has 1 heterocycles. The number of carboxylic acids is 1. The summed E-state index contributed by atoms with van der Waals surface area (Å²) in [6.45, 7) is 0.744. The van der Waals surface area contributed by atoms with Gasteiger partial charge < -0.3 is 16.2 Å². The lowest BCUT2D eigenvalue weighted by Crippen LogP contribution is -2.38. The van der Waals surface area contributed by atoms with Crippen molar-refractivity contribution in [2.24, 2.45) is 5.73 Å². The maximum atomic E-state index is 11.1. The van der Waals surface area contributed by atoms with Crippen molar-refractivity contribution in [2.45, 2.75) is 12.6 Å². The van der Waals surface area contributed by atoms with Crippen LogP contribution in [0.3, 0.4) is 0 Å². The molecule has 1 rings (SSSR count). The van der Waals surface area contributed by atoms with Gasteiger partial charge in [0.2, 0.25) is 5.91 Å². The van der Waals surface area contributed by atoms with Crippen LogP contribution in [0.4, 0.5) is 13.2 Å². The number of carboxylic acid groups (broad SMARTS) is 1. The zero-order chi connectivity index (χ0) is 17.3. The molecule has 0 unspecified atom stereocenters. The average molecular weight is 325 g/mol. The largest absolute Gasteiger partial charge is 0.490 e. The fourth-order valence-corrected chi connectivity index (χ4v) is 1.18. The smallest absolute Gasteiger partial charge is 0.475 e. The first-order chi connectivity index (χ1) is 10.1. The number of carbonyl (C=O) groups excluding carboxylic acids is 3. The van der Waals surface area contributed by atoms with E-state index in [4.69, 9.17) is 15.6 Å². The zero-order valence-corrected chi connectivity index (χ0v) is 11.2. The first-order valence-corrected chi connectivity index (χ1v) is 5.90. The van der Waals surface area contributed by atoms with Crippen molar-refractivity contribution in [3.63, 3.8) is 0 Å². The van der Waals surface area contributed by atoms with Crippen LogP contribution >= 0.6 is 0 Å². The number of aliphatic carboxylic acids is 1. The van der Waals surface area contributed by atoms with Gasteiger partial charge in [-0.2, -0.15) is 13.2 Å². The summed E-state index contributed by atoms with van der Waals surface area (Å²) in [4.78, 5) is 43.1. The Hall–Kier alpha value is -2.43. The van der Waals surface area contributed by atoms with Crippen molar-refractivity contribution in [1.82, 2.24) is 10.2 Å². The average Bonchev–Trinajstić information content (AvgIpc) is 2.70. The summed E-state index contributed by atoms with van der Waals surface area (Å²) in [5.41, 5.74) is 5.18. The lowest BCUT2D eigenvalue weighted by atomic mass is 10.4. The highest BCUT2D eigenvalue weighted by atomic mass is 19.4. The van der Waals surface area contributed by atoms with Crippen LogP contribution in [0.5, 0.6) is 0 Å². The molecule has 1 aliphatic heterocycles. The van der Waals surface area contributed by atoms with Crippen LogP contribution in [0, 0.1) is 0 Å². The summed E-state index contributed by atoms with van der Waals surface area (Å²) in [5.74, 6) is -3.61. The number of amides is 3. The molecule has 0 saturated heterocycles. The Bertz CT molecular complexity index is 458. The number of nitrogens with two attached hydrogens (primary N) is 1. The van der Waals surface area contributed by atoms with Crippen LogP contribution in [0.15, 0.2) is 12.2 Å². The van der Waals surface area contributed by atoms with Crippen molar-refractivity contribution in [3.8, 4) is 0 Å². The van der Waals surface area contributed by atoms with Crippen molar-refractivity contribution in [3.05, 3.63) is 12.2 Å². The van der Waals surface area contributed by atoms with Gasteiger partial charge in [0.05, 0.1) is 0 Å². The quantitative estimate of drug-likeness (QED) is 0.557. The van der Waals surface area contributed by atoms with Gasteiger partial charge >= 0.3 is 12.1 Å². The third-order valence-corrected chi connectivity index (χ3v) is 2.17. The SMILES string of the molecule is NCCC(=O)NCCN1C(=O)C=CC1=O.O=C(O)C(F)(F)F. The molecule has 1 aliphatic rings. The van der Waals surface area contributed by atoms with E-state index >= 15 is 0 Å². The number of nitrogens with one attached hydrogen (secondary N) is 1. The summed E-state index contributed by atoms with van der Waals surface area (Å²) in [6, 6.07) is 0. The van der Waals surface area contributed by atoms with Crippen molar-refractivity contribution < 1.29 is 37.5 Å². The van der Waals surface area contributed by atoms with Gasteiger partial charge in [0.15, 0.2) is 0 Å². The molecule has 0 bridgehead atoms. The first-order valence-electron chi connectivity index (χ1n) is 5.90. The minimum atomic E-state index is -5.08. The molecule has 4 N–H and O–H groups in total. The number of hydrogen-bond donors (Lipinski definition) is 3. The predicted octanol–water partition coefficient (Wildman–Crippen LogP) is -0.990. The summed E-state index contributed by atoms with van der Waals surface area (Å²) < 4.78 is 31.7. The van der Waals surface area contributed by atoms with E-state index in [1.807, 2.05) is 0 Å². The molecule has 0 radical (unpaired) electrons. The molecule has 8 nitrogen and oxygen atoms in total. The van der Waals surface area contributed by atoms with Crippen LogP contribution in [0.2, 0.25) is 0 Å². The molecule has 0 aliphatic carbocycles. The zero-order valence-electron chi connectivity index (χ0n) is 11.2. The Balaban J connectivity index is 0.000000534. The highest BCUT2D eigenvalue weighted by molar-refractivity contribution is 6.12. The van der Waals surface area contributed by atoms with Crippen molar-refractivity contribution >= 4 is 23.7 Å². The summed E-state index contributed by atoms with van der Waals surface area (Å²) in [7, 11) is 0. The maximum absolute atomic E-state index is 11.1. The van der Waals surface area contributed by atoms with Gasteiger partial charge in [0.25, 0.3) is 11.8 Å². The number of nitrogens with zero attached hydrogens (tertiary/aromatic N) is 1. The predicted molar refractivity (Wildman–Crippen MR) is 66.2 cm³/mol. The molecule has 0 aromatic heterocycles. The summed E-state index contributed by atoms with van der Waals surface area (Å²) in [5, 5.41) is 9.68. The Kier molecular flexibility index (Phi) is 7.80. The topological polar surface area (TPSA) is 130 Å². The lowest BCUT2D eigenvalue weighted by molar-refractivity contribution is -0.192. The van der Waals surface area contributed by atoms with Crippen molar-refractivity contribution in [1.29, 1.82) is 0 Å². The highest BCUT2D eigenvalue weighted by Crippen LogP contribution is 2.13. The normalized spacial score (nSPS) is 13.7. The molecule has 0 aromatic rings. The molecule has 0 aromatic carbocycles. The van der Waals surface area contributed by atoms with Gasteiger partial charge in [-0.05, 0) is 0 Å². The summed E-state index contributed by atoms with van der Waals surface area (Å²) >= 11 is 0. The number of imide groups is 1. The van der Waals surface area contributed by atoms with E-state index in [2.05, 4.69) is 5.32 Å². The van der Waals surface area contributed by atoms with Crippen molar-refractivity contribution in [2.75, 3.05) is 19.6 Å². The van der Waals surface area contributed by atoms with Gasteiger partial charge in [-0.25, -0.2) is 4.79 Å². The lowest BCUT2D eigenvalue weighted by Gasteiger charge is -2.13. The fraction of sp³-hybridized carbons (Fsp3) is 0.455. The van der Waals surface area contributed by atoms with Gasteiger partial charge in [0, 0.05) is 38.2 Å². The molecule has 22 heavy (non-hydrogen) atoms. The fourth-order valence-electron chi connectivity index (χ4n) is 1.18. The van der Waals surface area contributed by atoms with Crippen LogP contribution in [0.25, 0.3) is 0 Å². The van der Waals surface area contributed by atoms with E-state index in [0.29, 0.717) is 0 Å². The standard InChI is InChI=1S/C9H13N3O3.C2HF3O2/c10-4-3-7(13)11-5-6-12-8(14)1-2-9(12)15;3-2(4,5)1(6)7/h1-2H,3-6,10H2,(H,11,13);(H,6,7). The molecule has 0 atom stereocenters. The summed E-state index contributed by atoms with van der Waals surface area (Å²) in [6.07, 6.45) is -2.41. The second kappa shape index (κ2) is 8.77. The van der Waals surface area contributed by atoms with Crippen LogP contribution in [-0.2, 0) is 19.2 Å². The third kappa shape index (κ3) is 7.38. The van der Waals surface area contributed by atoms with Gasteiger partial charge in [-0.15, -0.1) is 0 Å². The van der Waals surface area contributed by atoms with Crippen LogP contribution in [0.1, 0.15) is 6.42 Å². The maximum Gasteiger partial charge on any atom is 0.490 e. The molecule has 0 saturated carbocycles. The number of rotatable bonds is 5. The van der Waals surface area contributed by atoms with E-state index in [0.717, 1.165) is 4.90 Å². The Morgan fingerprint density at radius 2 is 1.68 bits per heavy atom. The van der Waals surface area contributed by atoms with E-state index < -0.39 is 12.1 Å². The Morgan fingerprint density at radius 3 is 2.05 bits per heavy atom. The second-order valence-electron chi connectivity index (χ2n) is 3.85. The van der Waals surface area contributed by atoms with E-state index in [1.54, 1.807) is 0 Å². The molecule has 3 amide bonds. The van der Waals surface area contributed by atoms with Gasteiger partial charge in [-0.1, -0.05) is 0 Å². The second-order valence-corrected chi connectivity index (χ2v) is 3.85. The number of halogens is 3.